The van der Waals surface area contributed by atoms with E-state index in [0.717, 1.165) is 4.47 Å². The lowest BCUT2D eigenvalue weighted by Crippen LogP contribution is -2.14. The van der Waals surface area contributed by atoms with Gasteiger partial charge in [-0.15, -0.1) is 0 Å². The molecule has 19 heavy (non-hydrogen) atoms. The first-order valence-electron chi connectivity index (χ1n) is 4.97. The van der Waals surface area contributed by atoms with E-state index in [1.165, 1.54) is 24.5 Å². The van der Waals surface area contributed by atoms with Gasteiger partial charge in [0.2, 0.25) is 0 Å². The fraction of sp³-hybridized carbons (Fsp3) is 0. The molecule has 0 aliphatic heterocycles. The molecule has 0 saturated carbocycles. The Bertz CT molecular complexity index is 722. The molecule has 1 heterocycles. The predicted molar refractivity (Wildman–Crippen MR) is 81.9 cm³/mol. The van der Waals surface area contributed by atoms with Crippen LogP contribution in [0.25, 0.3) is 0 Å². The number of aromatic nitrogens is 1. The van der Waals surface area contributed by atoms with E-state index in [2.05, 4.69) is 41.6 Å². The summed E-state index contributed by atoms with van der Waals surface area (Å²) in [6.07, 6.45) is 2.84. The highest BCUT2D eigenvalue weighted by molar-refractivity contribution is 9.11. The number of hydrogen-bond donors (Lipinski definition) is 1. The van der Waals surface area contributed by atoms with E-state index in [1.54, 1.807) is 12.1 Å². The minimum absolute atomic E-state index is 0.121. The molecule has 1 aromatic carbocycles. The lowest BCUT2D eigenvalue weighted by atomic mass is 10.4. The number of rotatable bonds is 3. The van der Waals surface area contributed by atoms with Gasteiger partial charge in [-0.2, -0.15) is 0 Å². The Morgan fingerprint density at radius 3 is 2.58 bits per heavy atom. The maximum Gasteiger partial charge on any atom is 0.263 e. The first-order chi connectivity index (χ1) is 8.90. The molecule has 0 unspecified atom stereocenters. The van der Waals surface area contributed by atoms with Gasteiger partial charge in [0.15, 0.2) is 0 Å². The maximum atomic E-state index is 12.2. The number of pyridine rings is 1. The van der Waals surface area contributed by atoms with Crippen molar-refractivity contribution in [1.29, 1.82) is 0 Å². The molecular weight excluding hydrogens is 419 g/mol. The van der Waals surface area contributed by atoms with E-state index in [9.17, 15) is 8.42 Å². The highest BCUT2D eigenvalue weighted by Crippen LogP contribution is 2.28. The van der Waals surface area contributed by atoms with Crippen LogP contribution in [0.4, 0.5) is 5.69 Å². The van der Waals surface area contributed by atoms with Gasteiger partial charge in [-0.05, 0) is 40.2 Å². The average Bonchev–Trinajstić information content (AvgIpc) is 2.31. The van der Waals surface area contributed by atoms with Crippen LogP contribution in [0.15, 0.2) is 50.5 Å². The summed E-state index contributed by atoms with van der Waals surface area (Å²) in [7, 11) is -3.73. The molecule has 100 valence electrons. The van der Waals surface area contributed by atoms with Crippen molar-refractivity contribution in [3.8, 4) is 0 Å². The van der Waals surface area contributed by atoms with Gasteiger partial charge >= 0.3 is 0 Å². The molecule has 1 aromatic heterocycles. The van der Waals surface area contributed by atoms with Crippen molar-refractivity contribution < 1.29 is 8.42 Å². The molecule has 8 heteroatoms. The third-order valence-electron chi connectivity index (χ3n) is 2.20. The van der Waals surface area contributed by atoms with Gasteiger partial charge in [-0.3, -0.25) is 9.71 Å². The molecule has 1 N–H and O–H groups in total. The first-order valence-corrected chi connectivity index (χ1v) is 8.42. The van der Waals surface area contributed by atoms with E-state index >= 15 is 0 Å². The quantitative estimate of drug-likeness (QED) is 0.805. The Kier molecular flexibility index (Phi) is 4.50. The van der Waals surface area contributed by atoms with Gasteiger partial charge in [0.1, 0.15) is 4.90 Å². The molecule has 0 aliphatic rings. The Hall–Kier alpha value is -0.630. The topological polar surface area (TPSA) is 59.1 Å². The number of benzene rings is 1. The Morgan fingerprint density at radius 2 is 1.95 bits per heavy atom. The zero-order chi connectivity index (χ0) is 14.0. The number of nitrogens with zero attached hydrogens (tertiary/aromatic N) is 1. The Labute approximate surface area is 132 Å². The molecule has 2 rings (SSSR count). The van der Waals surface area contributed by atoms with E-state index in [-0.39, 0.29) is 15.6 Å². The molecule has 0 spiro atoms. The summed E-state index contributed by atoms with van der Waals surface area (Å²) < 4.78 is 28.1. The molecule has 0 atom stereocenters. The average molecular weight is 427 g/mol. The number of hydrogen-bond acceptors (Lipinski definition) is 3. The standard InChI is InChI=1S/C11H7Br2ClN2O2S/c12-7-1-2-11(8(13)5-7)19(17,18)16-10-6-15-4-3-9(10)14/h1-6,16H. The zero-order valence-electron chi connectivity index (χ0n) is 9.27. The normalized spacial score (nSPS) is 11.3. The summed E-state index contributed by atoms with van der Waals surface area (Å²) in [6, 6.07) is 6.29. The number of sulfonamides is 1. The number of halogens is 3. The smallest absolute Gasteiger partial charge is 0.263 e. The van der Waals surface area contributed by atoms with Crippen molar-refractivity contribution in [2.45, 2.75) is 4.90 Å². The van der Waals surface area contributed by atoms with Gasteiger partial charge in [0, 0.05) is 15.1 Å². The van der Waals surface area contributed by atoms with Gasteiger partial charge < -0.3 is 0 Å². The SMILES string of the molecule is O=S(=O)(Nc1cnccc1Cl)c1ccc(Br)cc1Br. The highest BCUT2D eigenvalue weighted by atomic mass is 79.9. The van der Waals surface area contributed by atoms with Crippen LogP contribution in [0.3, 0.4) is 0 Å². The molecule has 2 aromatic rings. The van der Waals surface area contributed by atoms with Gasteiger partial charge in [0.05, 0.1) is 16.9 Å². The minimum Gasteiger partial charge on any atom is -0.277 e. The van der Waals surface area contributed by atoms with Crippen molar-refractivity contribution in [3.05, 3.63) is 50.6 Å². The van der Waals surface area contributed by atoms with Crippen molar-refractivity contribution >= 4 is 59.2 Å². The predicted octanol–water partition coefficient (Wildman–Crippen LogP) is 4.06. The maximum absolute atomic E-state index is 12.2. The summed E-state index contributed by atoms with van der Waals surface area (Å²) in [5, 5.41) is 0.284. The van der Waals surface area contributed by atoms with Crippen LogP contribution >= 0.6 is 43.5 Å². The first kappa shape index (κ1) is 14.8. The van der Waals surface area contributed by atoms with Crippen LogP contribution in [0.2, 0.25) is 5.02 Å². The van der Waals surface area contributed by atoms with Crippen molar-refractivity contribution in [2.24, 2.45) is 0 Å². The van der Waals surface area contributed by atoms with Crippen molar-refractivity contribution in [1.82, 2.24) is 4.98 Å². The second kappa shape index (κ2) is 5.78. The highest BCUT2D eigenvalue weighted by Gasteiger charge is 2.19. The van der Waals surface area contributed by atoms with Crippen LogP contribution in [0.5, 0.6) is 0 Å². The van der Waals surface area contributed by atoms with Crippen LogP contribution in [0, 0.1) is 0 Å². The minimum atomic E-state index is -3.73. The van der Waals surface area contributed by atoms with Crippen molar-refractivity contribution in [3.63, 3.8) is 0 Å². The summed E-state index contributed by atoms with van der Waals surface area (Å²) in [5.41, 5.74) is 0.235. The molecule has 0 amide bonds. The Balaban J connectivity index is 2.41. The fourth-order valence-corrected chi connectivity index (χ4v) is 4.37. The third kappa shape index (κ3) is 3.47. The summed E-state index contributed by atoms with van der Waals surface area (Å²) in [4.78, 5) is 3.95. The van der Waals surface area contributed by atoms with Crippen LogP contribution in [-0.2, 0) is 10.0 Å². The lowest BCUT2D eigenvalue weighted by Gasteiger charge is -2.10. The van der Waals surface area contributed by atoms with E-state index < -0.39 is 10.0 Å². The van der Waals surface area contributed by atoms with Crippen LogP contribution < -0.4 is 4.72 Å². The molecule has 0 bridgehead atoms. The monoisotopic (exact) mass is 424 g/mol. The molecule has 0 saturated heterocycles. The summed E-state index contributed by atoms with van der Waals surface area (Å²) in [5.74, 6) is 0. The molecule has 4 nitrogen and oxygen atoms in total. The van der Waals surface area contributed by atoms with E-state index in [4.69, 9.17) is 11.6 Å². The number of anilines is 1. The molecule has 0 radical (unpaired) electrons. The van der Waals surface area contributed by atoms with Gasteiger partial charge in [0.25, 0.3) is 10.0 Å². The van der Waals surface area contributed by atoms with Gasteiger partial charge in [-0.25, -0.2) is 8.42 Å². The molecular formula is C11H7Br2ClN2O2S. The van der Waals surface area contributed by atoms with Crippen LogP contribution in [-0.4, -0.2) is 13.4 Å². The van der Waals surface area contributed by atoms with E-state index in [1.807, 2.05) is 0 Å². The fourth-order valence-electron chi connectivity index (χ4n) is 1.35. The second-order valence-electron chi connectivity index (χ2n) is 3.54. The van der Waals surface area contributed by atoms with Gasteiger partial charge in [-0.1, -0.05) is 27.5 Å². The summed E-state index contributed by atoms with van der Waals surface area (Å²) in [6.45, 7) is 0. The van der Waals surface area contributed by atoms with Crippen LogP contribution in [0.1, 0.15) is 0 Å². The summed E-state index contributed by atoms with van der Waals surface area (Å²) >= 11 is 12.4. The zero-order valence-corrected chi connectivity index (χ0v) is 14.0. The van der Waals surface area contributed by atoms with E-state index in [0.29, 0.717) is 4.47 Å². The Morgan fingerprint density at radius 1 is 1.21 bits per heavy atom. The largest absolute Gasteiger partial charge is 0.277 e. The third-order valence-corrected chi connectivity index (χ3v) is 5.36. The second-order valence-corrected chi connectivity index (χ2v) is 7.36. The lowest BCUT2D eigenvalue weighted by molar-refractivity contribution is 0.600. The number of nitrogens with one attached hydrogen (secondary N) is 1. The molecule has 0 fully saturated rings. The van der Waals surface area contributed by atoms with Crippen molar-refractivity contribution in [2.75, 3.05) is 4.72 Å². The molecule has 0 aliphatic carbocycles.